The number of ether oxygens (including phenoxy) is 2. The number of carbonyl (C=O) groups excluding carboxylic acids is 1. The molecule has 0 unspecified atom stereocenters. The lowest BCUT2D eigenvalue weighted by Gasteiger charge is -2.14. The number of nitrogens with one attached hydrogen (secondary N) is 1. The number of methoxy groups -OCH3 is 1. The zero-order valence-corrected chi connectivity index (χ0v) is 15.2. The molecule has 1 heterocycles. The third-order valence-electron chi connectivity index (χ3n) is 3.69. The molecule has 6 nitrogen and oxygen atoms in total. The van der Waals surface area contributed by atoms with Crippen LogP contribution in [0.1, 0.15) is 29.2 Å². The molecule has 1 atom stereocenters. The predicted molar refractivity (Wildman–Crippen MR) is 96.9 cm³/mol. The van der Waals surface area contributed by atoms with Gasteiger partial charge in [0, 0.05) is 4.47 Å². The number of nitrogens with zero attached hydrogens (tertiary/aromatic N) is 1. The summed E-state index contributed by atoms with van der Waals surface area (Å²) in [4.78, 5) is 31.6. The number of benzene rings is 2. The highest BCUT2D eigenvalue weighted by molar-refractivity contribution is 9.10. The van der Waals surface area contributed by atoms with Gasteiger partial charge in [-0.1, -0.05) is 12.1 Å². The van der Waals surface area contributed by atoms with Gasteiger partial charge in [0.2, 0.25) is 0 Å². The minimum atomic E-state index is -0.720. The van der Waals surface area contributed by atoms with Crippen LogP contribution in [-0.2, 0) is 4.74 Å². The highest BCUT2D eigenvalue weighted by Gasteiger charge is 2.19. The molecule has 0 bridgehead atoms. The van der Waals surface area contributed by atoms with E-state index in [1.54, 1.807) is 49.4 Å². The molecule has 0 saturated carbocycles. The molecule has 25 heavy (non-hydrogen) atoms. The topological polar surface area (TPSA) is 81.3 Å². The van der Waals surface area contributed by atoms with Crippen molar-refractivity contribution in [2.75, 3.05) is 7.11 Å². The quantitative estimate of drug-likeness (QED) is 0.674. The second kappa shape index (κ2) is 7.06. The summed E-state index contributed by atoms with van der Waals surface area (Å²) >= 11 is 3.32. The van der Waals surface area contributed by atoms with Gasteiger partial charge in [-0.25, -0.2) is 9.78 Å². The van der Waals surface area contributed by atoms with Gasteiger partial charge in [-0.2, -0.15) is 0 Å². The van der Waals surface area contributed by atoms with Crippen LogP contribution in [0.5, 0.6) is 5.75 Å². The largest absolute Gasteiger partial charge is 0.497 e. The van der Waals surface area contributed by atoms with Gasteiger partial charge in [-0.3, -0.25) is 4.79 Å². The summed E-state index contributed by atoms with van der Waals surface area (Å²) in [6.07, 6.45) is -0.720. The molecule has 0 amide bonds. The number of carbonyl (C=O) groups is 1. The minimum absolute atomic E-state index is 0.272. The summed E-state index contributed by atoms with van der Waals surface area (Å²) in [5.41, 5.74) is 0.604. The molecule has 3 rings (SSSR count). The van der Waals surface area contributed by atoms with Gasteiger partial charge in [-0.05, 0) is 53.2 Å². The molecule has 0 radical (unpaired) electrons. The van der Waals surface area contributed by atoms with Crippen molar-refractivity contribution in [3.8, 4) is 5.75 Å². The molecular weight excluding hydrogens is 388 g/mol. The van der Waals surface area contributed by atoms with E-state index in [1.165, 1.54) is 7.11 Å². The van der Waals surface area contributed by atoms with Gasteiger partial charge in [0.15, 0.2) is 11.9 Å². The lowest BCUT2D eigenvalue weighted by atomic mass is 10.2. The number of rotatable bonds is 4. The Morgan fingerprint density at radius 2 is 2.00 bits per heavy atom. The van der Waals surface area contributed by atoms with Crippen molar-refractivity contribution in [3.05, 3.63) is 68.7 Å². The Hall–Kier alpha value is -2.67. The third kappa shape index (κ3) is 3.56. The van der Waals surface area contributed by atoms with Gasteiger partial charge in [0.1, 0.15) is 5.75 Å². The van der Waals surface area contributed by atoms with E-state index < -0.39 is 12.1 Å². The Kier molecular flexibility index (Phi) is 4.85. The first-order chi connectivity index (χ1) is 12.0. The molecule has 0 aliphatic heterocycles. The van der Waals surface area contributed by atoms with E-state index in [9.17, 15) is 9.59 Å². The number of fused-ring (bicyclic) bond motifs is 1. The maximum absolute atomic E-state index is 12.4. The van der Waals surface area contributed by atoms with Gasteiger partial charge in [0.25, 0.3) is 5.56 Å². The SMILES string of the molecule is COc1ccc(Br)c(C(=O)O[C@H](C)c2nc3ccccc3c(=O)[nH]2)c1. The lowest BCUT2D eigenvalue weighted by molar-refractivity contribution is 0.0318. The first kappa shape index (κ1) is 17.2. The van der Waals surface area contributed by atoms with Gasteiger partial charge < -0.3 is 14.5 Å². The molecule has 0 spiro atoms. The monoisotopic (exact) mass is 402 g/mol. The Morgan fingerprint density at radius 3 is 2.76 bits per heavy atom. The Labute approximate surface area is 151 Å². The van der Waals surface area contributed by atoms with Crippen LogP contribution < -0.4 is 10.3 Å². The number of aromatic amines is 1. The lowest BCUT2D eigenvalue weighted by Crippen LogP contribution is -2.17. The van der Waals surface area contributed by atoms with Crippen LogP contribution in [0.25, 0.3) is 10.9 Å². The average molecular weight is 403 g/mol. The summed E-state index contributed by atoms with van der Waals surface area (Å²) in [5.74, 6) is 0.283. The second-order valence-corrected chi connectivity index (χ2v) is 6.22. The Balaban J connectivity index is 1.88. The fraction of sp³-hybridized carbons (Fsp3) is 0.167. The number of H-pyrrole nitrogens is 1. The molecule has 1 N–H and O–H groups in total. The van der Waals surface area contributed by atoms with E-state index in [2.05, 4.69) is 25.9 Å². The van der Waals surface area contributed by atoms with Gasteiger partial charge >= 0.3 is 5.97 Å². The molecule has 7 heteroatoms. The maximum Gasteiger partial charge on any atom is 0.340 e. The third-order valence-corrected chi connectivity index (χ3v) is 4.39. The second-order valence-electron chi connectivity index (χ2n) is 5.36. The summed E-state index contributed by atoms with van der Waals surface area (Å²) in [6, 6.07) is 12.0. The summed E-state index contributed by atoms with van der Waals surface area (Å²) in [6.45, 7) is 1.65. The Bertz CT molecular complexity index is 1000. The standard InChI is InChI=1S/C18H15BrN2O4/c1-10(16-20-15-6-4-3-5-12(15)17(22)21-16)25-18(23)13-9-11(24-2)7-8-14(13)19/h3-10H,1-2H3,(H,20,21,22)/t10-/m1/s1. The highest BCUT2D eigenvalue weighted by atomic mass is 79.9. The van der Waals surface area contributed by atoms with E-state index in [0.717, 1.165) is 0 Å². The summed E-state index contributed by atoms with van der Waals surface area (Å²) in [7, 11) is 1.52. The van der Waals surface area contributed by atoms with Crippen LogP contribution in [0.15, 0.2) is 51.7 Å². The number of esters is 1. The van der Waals surface area contributed by atoms with Gasteiger partial charge in [-0.15, -0.1) is 0 Å². The minimum Gasteiger partial charge on any atom is -0.497 e. The van der Waals surface area contributed by atoms with Crippen LogP contribution in [0.2, 0.25) is 0 Å². The molecule has 128 valence electrons. The number of hydrogen-bond donors (Lipinski definition) is 1. The van der Waals surface area contributed by atoms with Crippen molar-refractivity contribution in [1.82, 2.24) is 9.97 Å². The van der Waals surface area contributed by atoms with Crippen molar-refractivity contribution >= 4 is 32.8 Å². The number of aromatic nitrogens is 2. The van der Waals surface area contributed by atoms with Crippen molar-refractivity contribution in [3.63, 3.8) is 0 Å². The van der Waals surface area contributed by atoms with E-state index in [-0.39, 0.29) is 11.4 Å². The maximum atomic E-state index is 12.4. The molecule has 1 aromatic heterocycles. The summed E-state index contributed by atoms with van der Waals surface area (Å²) < 4.78 is 11.2. The number of halogens is 1. The van der Waals surface area contributed by atoms with E-state index in [0.29, 0.717) is 26.7 Å². The van der Waals surface area contributed by atoms with Crippen molar-refractivity contribution in [2.45, 2.75) is 13.0 Å². The van der Waals surface area contributed by atoms with Crippen LogP contribution in [-0.4, -0.2) is 23.0 Å². The zero-order valence-electron chi connectivity index (χ0n) is 13.6. The van der Waals surface area contributed by atoms with Crippen molar-refractivity contribution in [1.29, 1.82) is 0 Å². The molecule has 0 aliphatic rings. The molecular formula is C18H15BrN2O4. The smallest absolute Gasteiger partial charge is 0.340 e. The zero-order chi connectivity index (χ0) is 18.0. The number of hydrogen-bond acceptors (Lipinski definition) is 5. The van der Waals surface area contributed by atoms with Crippen molar-refractivity contribution in [2.24, 2.45) is 0 Å². The van der Waals surface area contributed by atoms with E-state index >= 15 is 0 Å². The number of para-hydroxylation sites is 1. The normalized spacial score (nSPS) is 12.0. The van der Waals surface area contributed by atoms with E-state index in [4.69, 9.17) is 9.47 Å². The van der Waals surface area contributed by atoms with Crippen molar-refractivity contribution < 1.29 is 14.3 Å². The van der Waals surface area contributed by atoms with Crippen LogP contribution >= 0.6 is 15.9 Å². The first-order valence-electron chi connectivity index (χ1n) is 7.53. The molecule has 0 fully saturated rings. The van der Waals surface area contributed by atoms with Crippen LogP contribution in [0.3, 0.4) is 0 Å². The molecule has 2 aromatic carbocycles. The molecule has 3 aromatic rings. The average Bonchev–Trinajstić information content (AvgIpc) is 2.62. The van der Waals surface area contributed by atoms with Crippen LogP contribution in [0, 0.1) is 0 Å². The first-order valence-corrected chi connectivity index (χ1v) is 8.32. The fourth-order valence-corrected chi connectivity index (χ4v) is 2.77. The highest BCUT2D eigenvalue weighted by Crippen LogP contribution is 2.25. The predicted octanol–water partition coefficient (Wildman–Crippen LogP) is 3.61. The molecule has 0 saturated heterocycles. The van der Waals surface area contributed by atoms with Crippen LogP contribution in [0.4, 0.5) is 0 Å². The van der Waals surface area contributed by atoms with E-state index in [1.807, 2.05) is 0 Å². The Morgan fingerprint density at radius 1 is 1.24 bits per heavy atom. The van der Waals surface area contributed by atoms with Gasteiger partial charge in [0.05, 0.1) is 23.6 Å². The summed E-state index contributed by atoms with van der Waals surface area (Å²) in [5, 5.41) is 0.486. The molecule has 0 aliphatic carbocycles. The fourth-order valence-electron chi connectivity index (χ4n) is 2.36.